The summed E-state index contributed by atoms with van der Waals surface area (Å²) in [7, 11) is 3.16. The maximum absolute atomic E-state index is 12.8. The minimum absolute atomic E-state index is 0.220. The molecule has 134 valence electrons. The van der Waals surface area contributed by atoms with Gasteiger partial charge in [-0.1, -0.05) is 18.2 Å². The van der Waals surface area contributed by atoms with Gasteiger partial charge in [-0.3, -0.25) is 9.59 Å². The maximum Gasteiger partial charge on any atom is 0.255 e. The molecule has 6 heteroatoms. The van der Waals surface area contributed by atoms with Crippen molar-refractivity contribution in [1.82, 2.24) is 10.3 Å². The molecule has 0 fully saturated rings. The molecule has 1 amide bonds. The van der Waals surface area contributed by atoms with Gasteiger partial charge < -0.3 is 19.8 Å². The van der Waals surface area contributed by atoms with Crippen molar-refractivity contribution in [3.63, 3.8) is 0 Å². The highest BCUT2D eigenvalue weighted by Gasteiger charge is 2.18. The number of ether oxygens (including phenoxy) is 2. The van der Waals surface area contributed by atoms with Crippen LogP contribution in [0.15, 0.2) is 53.5 Å². The fraction of sp³-hybridized carbons (Fsp3) is 0.200. The molecule has 6 nitrogen and oxygen atoms in total. The Balaban J connectivity index is 1.91. The van der Waals surface area contributed by atoms with Crippen LogP contribution >= 0.6 is 0 Å². The molecule has 3 rings (SSSR count). The number of carbonyl (C=O) groups excluding carboxylic acids is 1. The van der Waals surface area contributed by atoms with Crippen molar-refractivity contribution in [3.8, 4) is 11.5 Å². The molecule has 1 aromatic heterocycles. The van der Waals surface area contributed by atoms with E-state index in [2.05, 4.69) is 10.3 Å². The van der Waals surface area contributed by atoms with Crippen molar-refractivity contribution in [2.45, 2.75) is 13.0 Å². The maximum atomic E-state index is 12.8. The zero-order valence-corrected chi connectivity index (χ0v) is 14.8. The largest absolute Gasteiger partial charge is 0.497 e. The van der Waals surface area contributed by atoms with Crippen LogP contribution in [0, 0.1) is 0 Å². The number of fused-ring (bicyclic) bond motifs is 1. The summed E-state index contributed by atoms with van der Waals surface area (Å²) < 4.78 is 10.6. The molecule has 0 aliphatic heterocycles. The molecule has 1 atom stereocenters. The van der Waals surface area contributed by atoms with Crippen molar-refractivity contribution in [1.29, 1.82) is 0 Å². The molecule has 0 radical (unpaired) electrons. The molecular formula is C20H20N2O4. The number of amides is 1. The summed E-state index contributed by atoms with van der Waals surface area (Å²) in [4.78, 5) is 27.3. The van der Waals surface area contributed by atoms with Gasteiger partial charge in [-0.05, 0) is 25.1 Å². The van der Waals surface area contributed by atoms with Gasteiger partial charge in [0.15, 0.2) is 0 Å². The van der Waals surface area contributed by atoms with Crippen LogP contribution in [0.25, 0.3) is 10.8 Å². The SMILES string of the molecule is COc1ccc(C(C)NC(=O)c2c[nH]c(=O)c3ccccc23)c(OC)c1. The summed E-state index contributed by atoms with van der Waals surface area (Å²) in [6.07, 6.45) is 1.44. The lowest BCUT2D eigenvalue weighted by Gasteiger charge is -2.18. The summed E-state index contributed by atoms with van der Waals surface area (Å²) in [6.45, 7) is 1.87. The third-order valence-corrected chi connectivity index (χ3v) is 4.31. The van der Waals surface area contributed by atoms with Crippen molar-refractivity contribution in [2.24, 2.45) is 0 Å². The van der Waals surface area contributed by atoms with Crippen LogP contribution in [0.2, 0.25) is 0 Å². The monoisotopic (exact) mass is 352 g/mol. The quantitative estimate of drug-likeness (QED) is 0.740. The second kappa shape index (κ2) is 7.31. The number of nitrogens with one attached hydrogen (secondary N) is 2. The fourth-order valence-electron chi connectivity index (χ4n) is 2.93. The zero-order chi connectivity index (χ0) is 18.7. The van der Waals surface area contributed by atoms with Crippen molar-refractivity contribution in [2.75, 3.05) is 14.2 Å². The minimum atomic E-state index is -0.297. The molecule has 1 heterocycles. The highest BCUT2D eigenvalue weighted by Crippen LogP contribution is 2.29. The molecular weight excluding hydrogens is 332 g/mol. The Morgan fingerprint density at radius 2 is 1.81 bits per heavy atom. The zero-order valence-electron chi connectivity index (χ0n) is 14.8. The lowest BCUT2D eigenvalue weighted by atomic mass is 10.0. The number of pyridine rings is 1. The normalized spacial score (nSPS) is 11.8. The smallest absolute Gasteiger partial charge is 0.255 e. The van der Waals surface area contributed by atoms with Crippen molar-refractivity contribution < 1.29 is 14.3 Å². The van der Waals surface area contributed by atoms with E-state index in [0.29, 0.717) is 27.8 Å². The van der Waals surface area contributed by atoms with Gasteiger partial charge in [0.25, 0.3) is 11.5 Å². The third-order valence-electron chi connectivity index (χ3n) is 4.31. The van der Waals surface area contributed by atoms with E-state index < -0.39 is 0 Å². The minimum Gasteiger partial charge on any atom is -0.497 e. The number of carbonyl (C=O) groups is 1. The molecule has 0 saturated carbocycles. The Morgan fingerprint density at radius 1 is 1.08 bits per heavy atom. The predicted octanol–water partition coefficient (Wildman–Crippen LogP) is 3.04. The average molecular weight is 352 g/mol. The molecule has 0 spiro atoms. The number of aromatic nitrogens is 1. The lowest BCUT2D eigenvalue weighted by molar-refractivity contribution is 0.0941. The van der Waals surface area contributed by atoms with Gasteiger partial charge in [0.2, 0.25) is 0 Å². The van der Waals surface area contributed by atoms with Gasteiger partial charge in [0.1, 0.15) is 11.5 Å². The molecule has 1 unspecified atom stereocenters. The van der Waals surface area contributed by atoms with E-state index in [1.165, 1.54) is 6.20 Å². The lowest BCUT2D eigenvalue weighted by Crippen LogP contribution is -2.28. The number of methoxy groups -OCH3 is 2. The second-order valence-electron chi connectivity index (χ2n) is 5.88. The molecule has 3 aromatic rings. The van der Waals surface area contributed by atoms with Gasteiger partial charge in [-0.25, -0.2) is 0 Å². The first kappa shape index (κ1) is 17.5. The third kappa shape index (κ3) is 3.26. The van der Waals surface area contributed by atoms with Gasteiger partial charge in [-0.2, -0.15) is 0 Å². The Kier molecular flexibility index (Phi) is 4.93. The van der Waals surface area contributed by atoms with E-state index in [1.807, 2.05) is 19.1 Å². The predicted molar refractivity (Wildman–Crippen MR) is 100.0 cm³/mol. The molecule has 0 bridgehead atoms. The molecule has 0 aliphatic carbocycles. The Morgan fingerprint density at radius 3 is 2.50 bits per heavy atom. The molecule has 2 N–H and O–H groups in total. The molecule has 0 aliphatic rings. The van der Waals surface area contributed by atoms with Crippen LogP contribution in [-0.4, -0.2) is 25.1 Å². The summed E-state index contributed by atoms with van der Waals surface area (Å²) >= 11 is 0. The number of H-pyrrole nitrogens is 1. The first-order valence-corrected chi connectivity index (χ1v) is 8.18. The van der Waals surface area contributed by atoms with Crippen LogP contribution in [0.3, 0.4) is 0 Å². The van der Waals surface area contributed by atoms with Crippen LogP contribution in [0.5, 0.6) is 11.5 Å². The number of benzene rings is 2. The van der Waals surface area contributed by atoms with Gasteiger partial charge >= 0.3 is 0 Å². The van der Waals surface area contributed by atoms with Crippen LogP contribution in [0.4, 0.5) is 0 Å². The molecule has 26 heavy (non-hydrogen) atoms. The first-order chi connectivity index (χ1) is 12.5. The highest BCUT2D eigenvalue weighted by atomic mass is 16.5. The Bertz CT molecular complexity index is 1010. The number of hydrogen-bond acceptors (Lipinski definition) is 4. The van der Waals surface area contributed by atoms with E-state index in [0.717, 1.165) is 5.56 Å². The van der Waals surface area contributed by atoms with Crippen LogP contribution in [-0.2, 0) is 0 Å². The number of rotatable bonds is 5. The average Bonchev–Trinajstić information content (AvgIpc) is 2.67. The molecule has 2 aromatic carbocycles. The van der Waals surface area contributed by atoms with Gasteiger partial charge in [0, 0.05) is 28.6 Å². The Labute approximate surface area is 150 Å². The van der Waals surface area contributed by atoms with Crippen LogP contribution < -0.4 is 20.3 Å². The Hall–Kier alpha value is -3.28. The summed E-state index contributed by atoms with van der Waals surface area (Å²) in [6, 6.07) is 12.2. The number of aromatic amines is 1. The first-order valence-electron chi connectivity index (χ1n) is 8.18. The number of hydrogen-bond donors (Lipinski definition) is 2. The van der Waals surface area contributed by atoms with Gasteiger partial charge in [-0.15, -0.1) is 0 Å². The van der Waals surface area contributed by atoms with E-state index >= 15 is 0 Å². The van der Waals surface area contributed by atoms with Crippen molar-refractivity contribution in [3.05, 3.63) is 70.1 Å². The summed E-state index contributed by atoms with van der Waals surface area (Å²) in [5, 5.41) is 4.05. The van der Waals surface area contributed by atoms with E-state index in [1.54, 1.807) is 44.6 Å². The molecule has 0 saturated heterocycles. The van der Waals surface area contributed by atoms with E-state index in [9.17, 15) is 9.59 Å². The van der Waals surface area contributed by atoms with E-state index in [-0.39, 0.29) is 17.5 Å². The van der Waals surface area contributed by atoms with Crippen LogP contribution in [0.1, 0.15) is 28.9 Å². The van der Waals surface area contributed by atoms with Gasteiger partial charge in [0.05, 0.1) is 25.8 Å². The second-order valence-corrected chi connectivity index (χ2v) is 5.88. The summed E-state index contributed by atoms with van der Waals surface area (Å²) in [5.74, 6) is 1.03. The fourth-order valence-corrected chi connectivity index (χ4v) is 2.93. The van der Waals surface area contributed by atoms with Crippen molar-refractivity contribution >= 4 is 16.7 Å². The topological polar surface area (TPSA) is 80.4 Å². The van der Waals surface area contributed by atoms with E-state index in [4.69, 9.17) is 9.47 Å². The standard InChI is InChI=1S/C20H20N2O4/c1-12(14-9-8-13(25-2)10-18(14)26-3)22-20(24)17-11-21-19(23)16-7-5-4-6-15(16)17/h4-12H,1-3H3,(H,21,23)(H,22,24). The summed E-state index contributed by atoms with van der Waals surface area (Å²) in [5.41, 5.74) is 1.02. The highest BCUT2D eigenvalue weighted by molar-refractivity contribution is 6.06.